The summed E-state index contributed by atoms with van der Waals surface area (Å²) >= 11 is 6.20. The Balaban J connectivity index is 1.64. The van der Waals surface area contributed by atoms with Crippen LogP contribution >= 0.6 is 11.6 Å². The molecule has 7 nitrogen and oxygen atoms in total. The SMILES string of the molecule is COc1cccc(/C=N\NC(=O)C(=O)N[C@H](C)c2ccccc2)c1OCc1ccccc1Cl. The molecule has 0 unspecified atom stereocenters. The number of ether oxygens (including phenoxy) is 2. The van der Waals surface area contributed by atoms with Gasteiger partial charge in [0.2, 0.25) is 0 Å². The number of para-hydroxylation sites is 1. The Morgan fingerprint density at radius 3 is 2.45 bits per heavy atom. The highest BCUT2D eigenvalue weighted by molar-refractivity contribution is 6.35. The van der Waals surface area contributed by atoms with Gasteiger partial charge in [-0.25, -0.2) is 5.43 Å². The Morgan fingerprint density at radius 2 is 1.73 bits per heavy atom. The zero-order chi connectivity index (χ0) is 23.6. The molecule has 0 radical (unpaired) electrons. The van der Waals surface area contributed by atoms with Crippen molar-refractivity contribution in [2.24, 2.45) is 5.10 Å². The van der Waals surface area contributed by atoms with Crippen molar-refractivity contribution in [2.75, 3.05) is 7.11 Å². The highest BCUT2D eigenvalue weighted by Gasteiger charge is 2.17. The van der Waals surface area contributed by atoms with E-state index in [2.05, 4.69) is 15.8 Å². The van der Waals surface area contributed by atoms with E-state index in [4.69, 9.17) is 21.1 Å². The number of carbonyl (C=O) groups is 2. The molecule has 0 aliphatic carbocycles. The van der Waals surface area contributed by atoms with E-state index in [1.807, 2.05) is 48.5 Å². The number of halogens is 1. The van der Waals surface area contributed by atoms with Crippen LogP contribution in [0.3, 0.4) is 0 Å². The number of nitrogens with zero attached hydrogens (tertiary/aromatic N) is 1. The summed E-state index contributed by atoms with van der Waals surface area (Å²) in [5.74, 6) is -0.744. The molecular formula is C25H24ClN3O4. The summed E-state index contributed by atoms with van der Waals surface area (Å²) in [4.78, 5) is 24.3. The Bertz CT molecular complexity index is 1140. The van der Waals surface area contributed by atoms with Crippen molar-refractivity contribution < 1.29 is 19.1 Å². The predicted octanol–water partition coefficient (Wildman–Crippen LogP) is 4.26. The van der Waals surface area contributed by atoms with Gasteiger partial charge in [-0.3, -0.25) is 9.59 Å². The molecule has 2 amide bonds. The molecular weight excluding hydrogens is 442 g/mol. The molecule has 0 bridgehead atoms. The maximum atomic E-state index is 12.2. The summed E-state index contributed by atoms with van der Waals surface area (Å²) in [6.07, 6.45) is 1.39. The second kappa shape index (κ2) is 11.7. The first-order valence-electron chi connectivity index (χ1n) is 10.2. The van der Waals surface area contributed by atoms with Gasteiger partial charge in [0, 0.05) is 16.1 Å². The van der Waals surface area contributed by atoms with Crippen LogP contribution in [0, 0.1) is 0 Å². The summed E-state index contributed by atoms with van der Waals surface area (Å²) in [7, 11) is 1.53. The topological polar surface area (TPSA) is 89.0 Å². The molecule has 3 aromatic carbocycles. The molecule has 0 spiro atoms. The Kier molecular flexibility index (Phi) is 8.43. The number of hydrogen-bond donors (Lipinski definition) is 2. The average Bonchev–Trinajstić information content (AvgIpc) is 2.84. The van der Waals surface area contributed by atoms with E-state index in [1.54, 1.807) is 31.2 Å². The maximum Gasteiger partial charge on any atom is 0.329 e. The number of nitrogens with one attached hydrogen (secondary N) is 2. The van der Waals surface area contributed by atoms with Crippen LogP contribution < -0.4 is 20.2 Å². The minimum atomic E-state index is -0.879. The van der Waals surface area contributed by atoms with Crippen molar-refractivity contribution in [1.29, 1.82) is 0 Å². The smallest absolute Gasteiger partial charge is 0.329 e. The number of rotatable bonds is 8. The Hall–Kier alpha value is -3.84. The maximum absolute atomic E-state index is 12.2. The predicted molar refractivity (Wildman–Crippen MR) is 128 cm³/mol. The van der Waals surface area contributed by atoms with E-state index in [9.17, 15) is 9.59 Å². The number of amides is 2. The first kappa shape index (κ1) is 23.8. The monoisotopic (exact) mass is 465 g/mol. The van der Waals surface area contributed by atoms with Crippen LogP contribution in [0.5, 0.6) is 11.5 Å². The molecule has 8 heteroatoms. The van der Waals surface area contributed by atoms with Crippen LogP contribution in [-0.4, -0.2) is 25.1 Å². The van der Waals surface area contributed by atoms with Crippen molar-refractivity contribution in [3.05, 3.63) is 94.5 Å². The highest BCUT2D eigenvalue weighted by Crippen LogP contribution is 2.31. The van der Waals surface area contributed by atoms with Crippen LogP contribution in [0.15, 0.2) is 77.9 Å². The quantitative estimate of drug-likeness (QED) is 0.295. The second-order valence-corrected chi connectivity index (χ2v) is 7.47. The largest absolute Gasteiger partial charge is 0.493 e. The van der Waals surface area contributed by atoms with E-state index in [-0.39, 0.29) is 12.6 Å². The molecule has 0 aliphatic rings. The van der Waals surface area contributed by atoms with Gasteiger partial charge in [0.15, 0.2) is 11.5 Å². The van der Waals surface area contributed by atoms with Gasteiger partial charge in [-0.2, -0.15) is 5.10 Å². The molecule has 0 aliphatic heterocycles. The molecule has 0 saturated carbocycles. The fourth-order valence-electron chi connectivity index (χ4n) is 3.01. The van der Waals surface area contributed by atoms with E-state index in [0.29, 0.717) is 22.1 Å². The van der Waals surface area contributed by atoms with Gasteiger partial charge in [0.05, 0.1) is 19.4 Å². The minimum absolute atomic E-state index is 0.215. The minimum Gasteiger partial charge on any atom is -0.493 e. The van der Waals surface area contributed by atoms with Gasteiger partial charge >= 0.3 is 11.8 Å². The van der Waals surface area contributed by atoms with Gasteiger partial charge in [-0.05, 0) is 30.7 Å². The summed E-state index contributed by atoms with van der Waals surface area (Å²) in [5.41, 5.74) is 4.49. The van der Waals surface area contributed by atoms with Crippen molar-refractivity contribution in [2.45, 2.75) is 19.6 Å². The molecule has 1 atom stereocenters. The normalized spacial score (nSPS) is 11.6. The zero-order valence-corrected chi connectivity index (χ0v) is 19.0. The van der Waals surface area contributed by atoms with Crippen LogP contribution in [-0.2, 0) is 16.2 Å². The third-order valence-corrected chi connectivity index (χ3v) is 5.15. The van der Waals surface area contributed by atoms with Gasteiger partial charge in [0.1, 0.15) is 6.61 Å². The highest BCUT2D eigenvalue weighted by atomic mass is 35.5. The van der Waals surface area contributed by atoms with E-state index in [1.165, 1.54) is 13.3 Å². The van der Waals surface area contributed by atoms with Crippen molar-refractivity contribution >= 4 is 29.6 Å². The number of carbonyl (C=O) groups excluding carboxylic acids is 2. The van der Waals surface area contributed by atoms with Crippen molar-refractivity contribution in [1.82, 2.24) is 10.7 Å². The Labute approximate surface area is 197 Å². The van der Waals surface area contributed by atoms with E-state index < -0.39 is 11.8 Å². The lowest BCUT2D eigenvalue weighted by Gasteiger charge is -2.14. The molecule has 3 rings (SSSR count). The number of benzene rings is 3. The zero-order valence-electron chi connectivity index (χ0n) is 18.2. The van der Waals surface area contributed by atoms with Crippen molar-refractivity contribution in [3.63, 3.8) is 0 Å². The fourth-order valence-corrected chi connectivity index (χ4v) is 3.20. The first-order chi connectivity index (χ1) is 16.0. The first-order valence-corrected chi connectivity index (χ1v) is 10.6. The van der Waals surface area contributed by atoms with E-state index >= 15 is 0 Å². The third kappa shape index (κ3) is 6.57. The second-order valence-electron chi connectivity index (χ2n) is 7.06. The van der Waals surface area contributed by atoms with Crippen LogP contribution in [0.4, 0.5) is 0 Å². The fraction of sp³-hybridized carbons (Fsp3) is 0.160. The standard InChI is InChI=1S/C25H24ClN3O4/c1-17(18-9-4-3-5-10-18)28-24(30)25(31)29-27-15-19-12-8-14-22(32-2)23(19)33-16-20-11-6-7-13-21(20)26/h3-15,17H,16H2,1-2H3,(H,28,30)(H,29,31)/b27-15-/t17-/m1/s1. The summed E-state index contributed by atoms with van der Waals surface area (Å²) in [5, 5.41) is 7.13. The summed E-state index contributed by atoms with van der Waals surface area (Å²) in [6.45, 7) is 2.01. The molecule has 170 valence electrons. The number of methoxy groups -OCH3 is 1. The van der Waals surface area contributed by atoms with Crippen molar-refractivity contribution in [3.8, 4) is 11.5 Å². The Morgan fingerprint density at radius 1 is 1.00 bits per heavy atom. The lowest BCUT2D eigenvalue weighted by Crippen LogP contribution is -2.39. The molecule has 0 fully saturated rings. The lowest BCUT2D eigenvalue weighted by molar-refractivity contribution is -0.139. The van der Waals surface area contributed by atoms with Crippen LogP contribution in [0.1, 0.15) is 29.7 Å². The molecule has 0 aromatic heterocycles. The molecule has 0 saturated heterocycles. The number of hydrazone groups is 1. The van der Waals surface area contributed by atoms with Gasteiger partial charge < -0.3 is 14.8 Å². The number of hydrogen-bond acceptors (Lipinski definition) is 5. The van der Waals surface area contributed by atoms with E-state index in [0.717, 1.165) is 11.1 Å². The molecule has 0 heterocycles. The molecule has 33 heavy (non-hydrogen) atoms. The van der Waals surface area contributed by atoms with Gasteiger partial charge in [-0.1, -0.05) is 66.2 Å². The third-order valence-electron chi connectivity index (χ3n) is 4.78. The average molecular weight is 466 g/mol. The lowest BCUT2D eigenvalue weighted by atomic mass is 10.1. The van der Waals surface area contributed by atoms with Gasteiger partial charge in [-0.15, -0.1) is 0 Å². The molecule has 2 N–H and O–H groups in total. The molecule has 3 aromatic rings. The van der Waals surface area contributed by atoms with Crippen LogP contribution in [0.2, 0.25) is 5.02 Å². The summed E-state index contributed by atoms with van der Waals surface area (Å²) < 4.78 is 11.3. The summed E-state index contributed by atoms with van der Waals surface area (Å²) in [6, 6.07) is 21.6. The van der Waals surface area contributed by atoms with Gasteiger partial charge in [0.25, 0.3) is 0 Å². The van der Waals surface area contributed by atoms with Crippen LogP contribution in [0.25, 0.3) is 0 Å².